The summed E-state index contributed by atoms with van der Waals surface area (Å²) in [4.78, 5) is 35.9. The fourth-order valence-electron chi connectivity index (χ4n) is 2.26. The molecule has 2 rings (SSSR count). The maximum atomic E-state index is 14.1. The number of hydrogen-bond acceptors (Lipinski definition) is 5. The predicted octanol–water partition coefficient (Wildman–Crippen LogP) is 1.91. The molecule has 0 atom stereocenters. The van der Waals surface area contributed by atoms with Crippen molar-refractivity contribution in [1.29, 1.82) is 0 Å². The highest BCUT2D eigenvalue weighted by Gasteiger charge is 2.19. The van der Waals surface area contributed by atoms with Gasteiger partial charge in [0.1, 0.15) is 11.4 Å². The third-order valence-corrected chi connectivity index (χ3v) is 3.55. The van der Waals surface area contributed by atoms with Crippen LogP contribution in [0.5, 0.6) is 0 Å². The molecule has 0 fully saturated rings. The summed E-state index contributed by atoms with van der Waals surface area (Å²) < 4.78 is 22.6. The lowest BCUT2D eigenvalue weighted by Gasteiger charge is -2.12. The van der Waals surface area contributed by atoms with E-state index in [1.54, 1.807) is 18.4 Å². The summed E-state index contributed by atoms with van der Waals surface area (Å²) in [5.74, 6) is -2.36. The average Bonchev–Trinajstić information content (AvgIpc) is 2.54. The lowest BCUT2D eigenvalue weighted by atomic mass is 10.1. The second kappa shape index (κ2) is 6.82. The summed E-state index contributed by atoms with van der Waals surface area (Å²) in [7, 11) is 0. The molecule has 1 aromatic heterocycles. The molecule has 0 aliphatic rings. The second-order valence-corrected chi connectivity index (χ2v) is 4.89. The molecule has 1 heterocycles. The van der Waals surface area contributed by atoms with Gasteiger partial charge in [-0.25, -0.2) is 9.18 Å². The van der Waals surface area contributed by atoms with Gasteiger partial charge < -0.3 is 9.30 Å². The molecule has 0 saturated heterocycles. The normalized spacial score (nSPS) is 10.6. The van der Waals surface area contributed by atoms with Crippen LogP contribution in [-0.2, 0) is 11.3 Å². The number of halogens is 1. The molecular weight excluding hydrogens is 323 g/mol. The number of esters is 1. The number of hydrogen-bond donors (Lipinski definition) is 2. The number of carbonyl (C=O) groups excluding carboxylic acids is 2. The Balaban J connectivity index is 2.81. The molecule has 0 bridgehead atoms. The summed E-state index contributed by atoms with van der Waals surface area (Å²) in [5, 5.41) is 0.00520. The summed E-state index contributed by atoms with van der Waals surface area (Å²) in [6.07, 6.45) is 1.35. The lowest BCUT2D eigenvalue weighted by molar-refractivity contribution is 0.0524. The molecule has 6 nitrogen and oxygen atoms in total. The van der Waals surface area contributed by atoms with E-state index in [9.17, 15) is 18.8 Å². The van der Waals surface area contributed by atoms with Gasteiger partial charge in [0, 0.05) is 18.1 Å². The van der Waals surface area contributed by atoms with Gasteiger partial charge in [-0.15, -0.1) is 0 Å². The van der Waals surface area contributed by atoms with E-state index in [2.05, 4.69) is 12.8 Å². The minimum Gasteiger partial charge on any atom is -0.462 e. The number of nitrogens with one attached hydrogen (secondary N) is 1. The zero-order valence-corrected chi connectivity index (χ0v) is 13.4. The standard InChI is InChI=1S/C15H15FN2O4S/c1-3-18-7-10(15(21)22-4-2)13(19)9-5-11(16)8(6-12(9)18)14(20)17-23/h5-7,23H,3-4H2,1-2H3,(H,17,20). The first kappa shape index (κ1) is 17.0. The fraction of sp³-hybridized carbons (Fsp3) is 0.267. The Hall–Kier alpha value is -2.35. The van der Waals surface area contributed by atoms with Crippen LogP contribution in [0.3, 0.4) is 0 Å². The highest BCUT2D eigenvalue weighted by atomic mass is 32.1. The van der Waals surface area contributed by atoms with Gasteiger partial charge in [0.05, 0.1) is 17.7 Å². The maximum absolute atomic E-state index is 14.1. The Morgan fingerprint density at radius 2 is 2.00 bits per heavy atom. The number of thiol groups is 1. The van der Waals surface area contributed by atoms with Gasteiger partial charge in [0.15, 0.2) is 0 Å². The number of pyridine rings is 1. The van der Waals surface area contributed by atoms with Crippen LogP contribution in [0.25, 0.3) is 10.9 Å². The van der Waals surface area contributed by atoms with E-state index in [4.69, 9.17) is 4.74 Å². The number of amides is 1. The summed E-state index contributed by atoms with van der Waals surface area (Å²) in [6, 6.07) is 2.21. The van der Waals surface area contributed by atoms with Crippen LogP contribution in [0.2, 0.25) is 0 Å². The predicted molar refractivity (Wildman–Crippen MR) is 86.2 cm³/mol. The number of rotatable bonds is 4. The highest BCUT2D eigenvalue weighted by Crippen LogP contribution is 2.19. The third kappa shape index (κ3) is 3.07. The lowest BCUT2D eigenvalue weighted by Crippen LogP contribution is -2.22. The number of carbonyl (C=O) groups is 2. The van der Waals surface area contributed by atoms with Crippen molar-refractivity contribution in [3.63, 3.8) is 0 Å². The largest absolute Gasteiger partial charge is 0.462 e. The van der Waals surface area contributed by atoms with Gasteiger partial charge in [-0.2, -0.15) is 0 Å². The first-order valence-electron chi connectivity index (χ1n) is 6.92. The van der Waals surface area contributed by atoms with E-state index in [0.29, 0.717) is 12.1 Å². The molecule has 0 aliphatic carbocycles. The second-order valence-electron chi connectivity index (χ2n) is 4.67. The van der Waals surface area contributed by atoms with Crippen LogP contribution in [0.1, 0.15) is 34.6 Å². The molecule has 122 valence electrons. The Kier molecular flexibility index (Phi) is 5.05. The molecule has 1 amide bonds. The number of nitrogens with zero attached hydrogens (tertiary/aromatic N) is 1. The van der Waals surface area contributed by atoms with Crippen LogP contribution in [0.4, 0.5) is 4.39 Å². The first-order valence-corrected chi connectivity index (χ1v) is 7.37. The van der Waals surface area contributed by atoms with Crippen molar-refractivity contribution in [3.8, 4) is 0 Å². The van der Waals surface area contributed by atoms with Crippen LogP contribution in [0, 0.1) is 5.82 Å². The van der Waals surface area contributed by atoms with Gasteiger partial charge in [-0.1, -0.05) is 12.8 Å². The van der Waals surface area contributed by atoms with E-state index in [1.807, 2.05) is 4.72 Å². The van der Waals surface area contributed by atoms with Gasteiger partial charge >= 0.3 is 5.97 Å². The Morgan fingerprint density at radius 3 is 2.57 bits per heavy atom. The molecule has 0 spiro atoms. The molecule has 1 aromatic carbocycles. The minimum absolute atomic E-state index is 0.00520. The minimum atomic E-state index is -0.871. The molecule has 23 heavy (non-hydrogen) atoms. The number of ether oxygens (including phenoxy) is 1. The monoisotopic (exact) mass is 338 g/mol. The summed E-state index contributed by atoms with van der Waals surface area (Å²) in [6.45, 7) is 3.95. The van der Waals surface area contributed by atoms with Crippen molar-refractivity contribution in [3.05, 3.63) is 45.5 Å². The van der Waals surface area contributed by atoms with E-state index in [-0.39, 0.29) is 23.1 Å². The number of fused-ring (bicyclic) bond motifs is 1. The summed E-state index contributed by atoms with van der Waals surface area (Å²) in [5.41, 5.74) is -0.705. The maximum Gasteiger partial charge on any atom is 0.343 e. The number of aromatic nitrogens is 1. The van der Waals surface area contributed by atoms with Gasteiger partial charge in [0.25, 0.3) is 5.91 Å². The van der Waals surface area contributed by atoms with E-state index in [0.717, 1.165) is 6.07 Å². The average molecular weight is 338 g/mol. The van der Waals surface area contributed by atoms with Crippen LogP contribution >= 0.6 is 12.8 Å². The molecule has 2 aromatic rings. The van der Waals surface area contributed by atoms with Crippen molar-refractivity contribution in [2.24, 2.45) is 0 Å². The van der Waals surface area contributed by atoms with Crippen molar-refractivity contribution in [2.75, 3.05) is 6.61 Å². The third-order valence-electron chi connectivity index (χ3n) is 3.35. The first-order chi connectivity index (χ1) is 10.9. The highest BCUT2D eigenvalue weighted by molar-refractivity contribution is 7.78. The molecule has 0 unspecified atom stereocenters. The number of aryl methyl sites for hydroxylation is 1. The zero-order chi connectivity index (χ0) is 17.1. The van der Waals surface area contributed by atoms with Crippen molar-refractivity contribution in [1.82, 2.24) is 9.29 Å². The molecular formula is C15H15FN2O4S. The Bertz CT molecular complexity index is 847. The van der Waals surface area contributed by atoms with Crippen LogP contribution in [-0.4, -0.2) is 23.1 Å². The Morgan fingerprint density at radius 1 is 1.30 bits per heavy atom. The molecule has 0 aliphatic heterocycles. The summed E-state index contributed by atoms with van der Waals surface area (Å²) >= 11 is 3.61. The zero-order valence-electron chi connectivity index (χ0n) is 12.6. The smallest absolute Gasteiger partial charge is 0.343 e. The van der Waals surface area contributed by atoms with Crippen LogP contribution < -0.4 is 10.2 Å². The number of benzene rings is 1. The van der Waals surface area contributed by atoms with Crippen molar-refractivity contribution >= 4 is 35.6 Å². The molecule has 0 radical (unpaired) electrons. The van der Waals surface area contributed by atoms with Crippen molar-refractivity contribution < 1.29 is 18.7 Å². The quantitative estimate of drug-likeness (QED) is 0.659. The topological polar surface area (TPSA) is 77.4 Å². The van der Waals surface area contributed by atoms with Crippen LogP contribution in [0.15, 0.2) is 23.1 Å². The SMILES string of the molecule is CCOC(=O)c1cn(CC)c2cc(C(=O)NS)c(F)cc2c1=O. The van der Waals surface area contributed by atoms with Gasteiger partial charge in [-0.05, 0) is 26.0 Å². The van der Waals surface area contributed by atoms with Crippen molar-refractivity contribution in [2.45, 2.75) is 20.4 Å². The van der Waals surface area contributed by atoms with E-state index in [1.165, 1.54) is 12.3 Å². The molecule has 0 saturated carbocycles. The van der Waals surface area contributed by atoms with Gasteiger partial charge in [0.2, 0.25) is 5.43 Å². The van der Waals surface area contributed by atoms with E-state index >= 15 is 0 Å². The van der Waals surface area contributed by atoms with Gasteiger partial charge in [-0.3, -0.25) is 14.3 Å². The Labute approximate surface area is 136 Å². The molecule has 1 N–H and O–H groups in total. The fourth-order valence-corrected chi connectivity index (χ4v) is 2.38. The molecule has 8 heteroatoms. The van der Waals surface area contributed by atoms with E-state index < -0.39 is 23.1 Å².